The Morgan fingerprint density at radius 1 is 1.60 bits per heavy atom. The molecule has 15 heavy (non-hydrogen) atoms. The van der Waals surface area contributed by atoms with Gasteiger partial charge in [0, 0.05) is 7.05 Å². The van der Waals surface area contributed by atoms with Gasteiger partial charge in [-0.25, -0.2) is 14.2 Å². The van der Waals surface area contributed by atoms with Gasteiger partial charge in [0.2, 0.25) is 0 Å². The number of hydrogen-bond donors (Lipinski definition) is 2. The Labute approximate surface area is 83.1 Å². The quantitative estimate of drug-likeness (QED) is 0.628. The first kappa shape index (κ1) is 9.12. The van der Waals surface area contributed by atoms with E-state index < -0.39 is 5.97 Å². The van der Waals surface area contributed by atoms with Gasteiger partial charge in [0.15, 0.2) is 5.69 Å². The van der Waals surface area contributed by atoms with E-state index in [9.17, 15) is 4.79 Å². The number of tetrazole rings is 1. The molecule has 3 N–H and O–H groups in total. The van der Waals surface area contributed by atoms with Crippen molar-refractivity contribution >= 4 is 11.7 Å². The molecule has 0 aliphatic heterocycles. The summed E-state index contributed by atoms with van der Waals surface area (Å²) < 4.78 is 2.55. The van der Waals surface area contributed by atoms with Crippen LogP contribution in [-0.4, -0.2) is 41.1 Å². The van der Waals surface area contributed by atoms with Gasteiger partial charge < -0.3 is 10.8 Å². The number of nitrogens with two attached hydrogens (primary N) is 1. The van der Waals surface area contributed by atoms with Crippen molar-refractivity contribution in [3.63, 3.8) is 0 Å². The third kappa shape index (κ3) is 1.39. The Balaban J connectivity index is 2.52. The summed E-state index contributed by atoms with van der Waals surface area (Å²) in [4.78, 5) is 10.7. The lowest BCUT2D eigenvalue weighted by Gasteiger charge is -1.95. The molecule has 0 aliphatic rings. The van der Waals surface area contributed by atoms with Gasteiger partial charge in [-0.3, -0.25) is 0 Å². The number of aromatic carboxylic acids is 1. The van der Waals surface area contributed by atoms with Crippen LogP contribution in [0.4, 0.5) is 5.69 Å². The highest BCUT2D eigenvalue weighted by atomic mass is 16.4. The van der Waals surface area contributed by atoms with E-state index in [0.717, 1.165) is 0 Å². The molecule has 0 amide bonds. The molecule has 0 radical (unpaired) electrons. The number of nitrogens with zero attached hydrogens (tertiary/aromatic N) is 6. The normalized spacial score (nSPS) is 10.5. The summed E-state index contributed by atoms with van der Waals surface area (Å²) in [7, 11) is 1.60. The minimum absolute atomic E-state index is 0.0606. The van der Waals surface area contributed by atoms with Gasteiger partial charge in [-0.2, -0.15) is 5.10 Å². The Kier molecular flexibility index (Phi) is 1.85. The lowest BCUT2D eigenvalue weighted by molar-refractivity contribution is 0.0691. The third-order valence-electron chi connectivity index (χ3n) is 1.75. The van der Waals surface area contributed by atoms with Gasteiger partial charge in [0.1, 0.15) is 0 Å². The number of rotatable bonds is 2. The Morgan fingerprint density at radius 3 is 2.80 bits per heavy atom. The zero-order valence-electron chi connectivity index (χ0n) is 7.69. The predicted octanol–water partition coefficient (Wildman–Crippen LogP) is -1.32. The summed E-state index contributed by atoms with van der Waals surface area (Å²) >= 11 is 0. The van der Waals surface area contributed by atoms with Gasteiger partial charge in [0.25, 0.3) is 5.95 Å². The summed E-state index contributed by atoms with van der Waals surface area (Å²) in [6, 6.07) is 0. The second-order valence-corrected chi connectivity index (χ2v) is 2.79. The second-order valence-electron chi connectivity index (χ2n) is 2.79. The number of aromatic nitrogens is 6. The summed E-state index contributed by atoms with van der Waals surface area (Å²) in [5.74, 6) is -0.907. The van der Waals surface area contributed by atoms with E-state index in [1.54, 1.807) is 7.05 Å². The molecule has 0 aromatic carbocycles. The maximum Gasteiger partial charge on any atom is 0.358 e. The summed E-state index contributed by atoms with van der Waals surface area (Å²) in [5.41, 5.74) is 5.29. The molecule has 0 spiro atoms. The van der Waals surface area contributed by atoms with Crippen LogP contribution in [-0.2, 0) is 7.05 Å². The fraction of sp³-hybridized carbons (Fsp3) is 0.167. The van der Waals surface area contributed by atoms with Gasteiger partial charge in [-0.15, -0.1) is 0 Å². The van der Waals surface area contributed by atoms with E-state index in [0.29, 0.717) is 0 Å². The molecular weight excluding hydrogens is 202 g/mol. The summed E-state index contributed by atoms with van der Waals surface area (Å²) in [5, 5.41) is 23.1. The maximum absolute atomic E-state index is 10.7. The van der Waals surface area contributed by atoms with Crippen LogP contribution < -0.4 is 5.73 Å². The molecule has 0 atom stereocenters. The molecule has 0 aliphatic carbocycles. The van der Waals surface area contributed by atoms with Crippen molar-refractivity contribution in [2.24, 2.45) is 7.05 Å². The molecule has 78 valence electrons. The minimum Gasteiger partial charge on any atom is -0.476 e. The molecule has 0 fully saturated rings. The second kappa shape index (κ2) is 3.04. The van der Waals surface area contributed by atoms with E-state index >= 15 is 0 Å². The SMILES string of the molecule is Cn1nnnc1-n1cc(N)c(C(=O)O)n1. The van der Waals surface area contributed by atoms with E-state index in [1.807, 2.05) is 0 Å². The van der Waals surface area contributed by atoms with Gasteiger partial charge in [0.05, 0.1) is 11.9 Å². The summed E-state index contributed by atoms with van der Waals surface area (Å²) in [6.45, 7) is 0. The number of nitrogen functional groups attached to an aromatic ring is 1. The first-order valence-electron chi connectivity index (χ1n) is 3.90. The van der Waals surface area contributed by atoms with Gasteiger partial charge in [-0.05, 0) is 10.4 Å². The van der Waals surface area contributed by atoms with Crippen LogP contribution in [0.15, 0.2) is 6.20 Å². The third-order valence-corrected chi connectivity index (χ3v) is 1.75. The first-order chi connectivity index (χ1) is 7.09. The number of carboxylic acids is 1. The van der Waals surface area contributed by atoms with E-state index in [1.165, 1.54) is 15.6 Å². The Hall–Kier alpha value is -2.45. The zero-order chi connectivity index (χ0) is 11.0. The lowest BCUT2D eigenvalue weighted by atomic mass is 10.4. The smallest absolute Gasteiger partial charge is 0.358 e. The van der Waals surface area contributed by atoms with E-state index in [4.69, 9.17) is 10.8 Å². The monoisotopic (exact) mass is 209 g/mol. The van der Waals surface area contributed by atoms with Crippen molar-refractivity contribution in [1.82, 2.24) is 30.0 Å². The number of aryl methyl sites for hydroxylation is 1. The van der Waals surface area contributed by atoms with E-state index in [2.05, 4.69) is 20.6 Å². The minimum atomic E-state index is -1.19. The van der Waals surface area contributed by atoms with E-state index in [-0.39, 0.29) is 17.3 Å². The largest absolute Gasteiger partial charge is 0.476 e. The maximum atomic E-state index is 10.7. The average molecular weight is 209 g/mol. The van der Waals surface area contributed by atoms with Crippen LogP contribution in [0.25, 0.3) is 5.95 Å². The zero-order valence-corrected chi connectivity index (χ0v) is 7.69. The Morgan fingerprint density at radius 2 is 2.33 bits per heavy atom. The molecule has 2 rings (SSSR count). The number of carbonyl (C=O) groups is 1. The number of hydrogen-bond acceptors (Lipinski definition) is 6. The first-order valence-corrected chi connectivity index (χ1v) is 3.90. The molecule has 2 heterocycles. The highest BCUT2D eigenvalue weighted by molar-refractivity contribution is 5.91. The van der Waals surface area contributed by atoms with Crippen molar-refractivity contribution in [3.05, 3.63) is 11.9 Å². The lowest BCUT2D eigenvalue weighted by Crippen LogP contribution is -2.06. The molecule has 2 aromatic heterocycles. The van der Waals surface area contributed by atoms with Crippen LogP contribution in [0.2, 0.25) is 0 Å². The molecule has 9 heteroatoms. The van der Waals surface area contributed by atoms with Crippen LogP contribution >= 0.6 is 0 Å². The van der Waals surface area contributed by atoms with Crippen molar-refractivity contribution in [3.8, 4) is 5.95 Å². The number of carboxylic acid groups (broad SMARTS) is 1. The Bertz CT molecular complexity index is 513. The van der Waals surface area contributed by atoms with Crippen molar-refractivity contribution in [2.75, 3.05) is 5.73 Å². The van der Waals surface area contributed by atoms with Gasteiger partial charge in [-0.1, -0.05) is 5.10 Å². The molecule has 2 aromatic rings. The van der Waals surface area contributed by atoms with Crippen LogP contribution in [0.3, 0.4) is 0 Å². The average Bonchev–Trinajstić information content (AvgIpc) is 2.71. The molecule has 9 nitrogen and oxygen atoms in total. The highest BCUT2D eigenvalue weighted by Gasteiger charge is 2.16. The highest BCUT2D eigenvalue weighted by Crippen LogP contribution is 2.11. The molecular formula is C6H7N7O2. The topological polar surface area (TPSA) is 125 Å². The molecule has 0 bridgehead atoms. The van der Waals surface area contributed by atoms with Crippen molar-refractivity contribution < 1.29 is 9.90 Å². The van der Waals surface area contributed by atoms with Gasteiger partial charge >= 0.3 is 5.97 Å². The summed E-state index contributed by atoms with van der Waals surface area (Å²) in [6.07, 6.45) is 1.34. The van der Waals surface area contributed by atoms with Crippen molar-refractivity contribution in [2.45, 2.75) is 0 Å². The van der Waals surface area contributed by atoms with Crippen LogP contribution in [0.1, 0.15) is 10.5 Å². The fourth-order valence-electron chi connectivity index (χ4n) is 1.07. The van der Waals surface area contributed by atoms with Crippen LogP contribution in [0.5, 0.6) is 0 Å². The predicted molar refractivity (Wildman–Crippen MR) is 47.3 cm³/mol. The van der Waals surface area contributed by atoms with Crippen molar-refractivity contribution in [1.29, 1.82) is 0 Å². The molecule has 0 unspecified atom stereocenters. The number of anilines is 1. The standard InChI is InChI=1S/C6H7N7O2/c1-12-6(8-10-11-12)13-2-3(7)4(9-13)5(14)15/h2H,7H2,1H3,(H,14,15). The molecule has 0 saturated heterocycles. The van der Waals surface area contributed by atoms with Crippen LogP contribution in [0, 0.1) is 0 Å². The fourth-order valence-corrected chi connectivity index (χ4v) is 1.07. The molecule has 0 saturated carbocycles.